The number of benzene rings is 7. The van der Waals surface area contributed by atoms with Crippen LogP contribution in [-0.4, -0.2) is 15.0 Å². The van der Waals surface area contributed by atoms with Gasteiger partial charge in [0.1, 0.15) is 0 Å². The number of fused-ring (bicyclic) bond motifs is 6. The molecule has 0 unspecified atom stereocenters. The average molecular weight is 662 g/mol. The largest absolute Gasteiger partial charge is 0.248 e. The molecule has 52 heavy (non-hydrogen) atoms. The van der Waals surface area contributed by atoms with E-state index in [0.717, 1.165) is 77.8 Å². The highest BCUT2D eigenvalue weighted by Crippen LogP contribution is 2.38. The third kappa shape index (κ3) is 5.28. The molecule has 3 heteroatoms. The van der Waals surface area contributed by atoms with Crippen molar-refractivity contribution in [2.45, 2.75) is 0 Å². The van der Waals surface area contributed by atoms with E-state index in [1.54, 1.807) is 0 Å². The number of nitrogens with zero attached hydrogens (tertiary/aromatic N) is 3. The second-order valence-corrected chi connectivity index (χ2v) is 13.2. The minimum Gasteiger partial charge on any atom is -0.248 e. The highest BCUT2D eigenvalue weighted by molar-refractivity contribution is 6.14. The summed E-state index contributed by atoms with van der Waals surface area (Å²) in [7, 11) is 0. The van der Waals surface area contributed by atoms with E-state index in [2.05, 4.69) is 164 Å². The highest BCUT2D eigenvalue weighted by atomic mass is 14.8. The van der Waals surface area contributed by atoms with Crippen LogP contribution in [0.25, 0.3) is 99.5 Å². The van der Waals surface area contributed by atoms with Crippen LogP contribution >= 0.6 is 0 Å². The van der Waals surface area contributed by atoms with Gasteiger partial charge in [0.25, 0.3) is 0 Å². The average Bonchev–Trinajstić information content (AvgIpc) is 3.23. The Morgan fingerprint density at radius 1 is 0.288 bits per heavy atom. The molecule has 0 radical (unpaired) electrons. The van der Waals surface area contributed by atoms with Crippen LogP contribution in [0, 0.1) is 0 Å². The molecular formula is C49H31N3. The Labute approximate surface area is 301 Å². The highest BCUT2D eigenvalue weighted by Gasteiger charge is 2.14. The van der Waals surface area contributed by atoms with Gasteiger partial charge >= 0.3 is 0 Å². The number of rotatable bonds is 5. The Balaban J connectivity index is 1.05. The maximum atomic E-state index is 5.18. The zero-order valence-corrected chi connectivity index (χ0v) is 28.2. The number of aromatic nitrogens is 3. The Kier molecular flexibility index (Phi) is 7.14. The first-order valence-corrected chi connectivity index (χ1v) is 17.6. The predicted octanol–water partition coefficient (Wildman–Crippen LogP) is 12.8. The van der Waals surface area contributed by atoms with Gasteiger partial charge in [-0.3, -0.25) is 0 Å². The van der Waals surface area contributed by atoms with E-state index in [1.165, 1.54) is 21.7 Å². The summed E-state index contributed by atoms with van der Waals surface area (Å²) >= 11 is 0. The lowest BCUT2D eigenvalue weighted by atomic mass is 9.92. The lowest BCUT2D eigenvalue weighted by Crippen LogP contribution is -1.92. The first-order valence-electron chi connectivity index (χ1n) is 17.6. The summed E-state index contributed by atoms with van der Waals surface area (Å²) in [5.74, 6) is 0. The fourth-order valence-electron chi connectivity index (χ4n) is 7.39. The van der Waals surface area contributed by atoms with Gasteiger partial charge in [-0.15, -0.1) is 0 Å². The van der Waals surface area contributed by atoms with Crippen molar-refractivity contribution in [3.8, 4) is 56.0 Å². The zero-order chi connectivity index (χ0) is 34.4. The van der Waals surface area contributed by atoms with Crippen molar-refractivity contribution in [2.24, 2.45) is 0 Å². The topological polar surface area (TPSA) is 38.7 Å². The maximum absolute atomic E-state index is 5.18. The van der Waals surface area contributed by atoms with Crippen molar-refractivity contribution in [1.29, 1.82) is 0 Å². The molecule has 0 saturated carbocycles. The van der Waals surface area contributed by atoms with E-state index in [-0.39, 0.29) is 0 Å². The molecule has 10 aromatic rings. The molecule has 0 spiro atoms. The van der Waals surface area contributed by atoms with E-state index < -0.39 is 0 Å². The summed E-state index contributed by atoms with van der Waals surface area (Å²) in [6, 6.07) is 66.3. The summed E-state index contributed by atoms with van der Waals surface area (Å²) in [5.41, 5.74) is 13.6. The van der Waals surface area contributed by atoms with Crippen LogP contribution < -0.4 is 0 Å². The van der Waals surface area contributed by atoms with Gasteiger partial charge in [-0.1, -0.05) is 158 Å². The predicted molar refractivity (Wildman–Crippen MR) is 217 cm³/mol. The number of hydrogen-bond acceptors (Lipinski definition) is 3. The summed E-state index contributed by atoms with van der Waals surface area (Å²) < 4.78 is 0. The van der Waals surface area contributed by atoms with Crippen LogP contribution in [0.2, 0.25) is 0 Å². The van der Waals surface area contributed by atoms with Crippen molar-refractivity contribution in [1.82, 2.24) is 15.0 Å². The van der Waals surface area contributed by atoms with Gasteiger partial charge in [0.15, 0.2) is 0 Å². The molecule has 0 N–H and O–H groups in total. The standard InChI is InChI=1S/C49H31N3/c1-3-11-34(12-4-1)43-27-25-37-22-23-38-26-28-44(52-49(38)48(37)51-43)36-20-18-32(19-21-36)39-15-9-16-40(30-39)42-31-46(35-13-5-2-6-14-35)50-45-29-24-33-10-7-8-17-41(33)47(42)45/h1-31H. The van der Waals surface area contributed by atoms with Crippen molar-refractivity contribution in [3.63, 3.8) is 0 Å². The monoisotopic (exact) mass is 661 g/mol. The van der Waals surface area contributed by atoms with Gasteiger partial charge in [0.05, 0.1) is 33.6 Å². The fourth-order valence-corrected chi connectivity index (χ4v) is 7.39. The Bertz CT molecular complexity index is 2930. The lowest BCUT2D eigenvalue weighted by Gasteiger charge is -2.14. The Morgan fingerprint density at radius 2 is 0.808 bits per heavy atom. The normalized spacial score (nSPS) is 11.5. The Morgan fingerprint density at radius 3 is 1.50 bits per heavy atom. The van der Waals surface area contributed by atoms with Crippen LogP contribution in [0.3, 0.4) is 0 Å². The van der Waals surface area contributed by atoms with Crippen molar-refractivity contribution in [2.75, 3.05) is 0 Å². The van der Waals surface area contributed by atoms with Gasteiger partial charge in [-0.05, 0) is 63.4 Å². The van der Waals surface area contributed by atoms with Crippen LogP contribution in [0.15, 0.2) is 188 Å². The van der Waals surface area contributed by atoms with Crippen molar-refractivity contribution < 1.29 is 0 Å². The first-order chi connectivity index (χ1) is 25.7. The lowest BCUT2D eigenvalue weighted by molar-refractivity contribution is 1.36. The zero-order valence-electron chi connectivity index (χ0n) is 28.2. The van der Waals surface area contributed by atoms with E-state index in [0.29, 0.717) is 0 Å². The van der Waals surface area contributed by atoms with Gasteiger partial charge < -0.3 is 0 Å². The molecular weight excluding hydrogens is 631 g/mol. The minimum atomic E-state index is 0.913. The summed E-state index contributed by atoms with van der Waals surface area (Å²) in [4.78, 5) is 15.4. The number of hydrogen-bond donors (Lipinski definition) is 0. The summed E-state index contributed by atoms with van der Waals surface area (Å²) in [6.07, 6.45) is 0. The molecule has 10 rings (SSSR count). The van der Waals surface area contributed by atoms with Gasteiger partial charge in [-0.25, -0.2) is 15.0 Å². The number of pyridine rings is 3. The van der Waals surface area contributed by atoms with Crippen molar-refractivity contribution in [3.05, 3.63) is 188 Å². The molecule has 0 aliphatic carbocycles. The van der Waals surface area contributed by atoms with Crippen molar-refractivity contribution >= 4 is 43.5 Å². The van der Waals surface area contributed by atoms with E-state index in [1.807, 2.05) is 24.3 Å². The third-order valence-corrected chi connectivity index (χ3v) is 10.0. The van der Waals surface area contributed by atoms with E-state index >= 15 is 0 Å². The van der Waals surface area contributed by atoms with Gasteiger partial charge in [0.2, 0.25) is 0 Å². The SMILES string of the molecule is c1ccc(-c2cc(-c3cccc(-c4ccc(-c5ccc6ccc7ccc(-c8ccccc8)nc7c6n5)cc4)c3)c3c(ccc4ccccc43)n2)cc1. The van der Waals surface area contributed by atoms with Crippen LogP contribution in [-0.2, 0) is 0 Å². The molecule has 0 amide bonds. The molecule has 0 fully saturated rings. The van der Waals surface area contributed by atoms with Crippen LogP contribution in [0.4, 0.5) is 0 Å². The molecule has 242 valence electrons. The molecule has 0 saturated heterocycles. The second kappa shape index (κ2) is 12.4. The Hall–Kier alpha value is -6.97. The van der Waals surface area contributed by atoms with Crippen LogP contribution in [0.1, 0.15) is 0 Å². The smallest absolute Gasteiger partial charge is 0.0972 e. The molecule has 0 atom stereocenters. The van der Waals surface area contributed by atoms with Gasteiger partial charge in [0, 0.05) is 32.8 Å². The maximum Gasteiger partial charge on any atom is 0.0972 e. The molecule has 0 aliphatic heterocycles. The van der Waals surface area contributed by atoms with E-state index in [4.69, 9.17) is 15.0 Å². The molecule has 3 heterocycles. The second-order valence-electron chi connectivity index (χ2n) is 13.2. The fraction of sp³-hybridized carbons (Fsp3) is 0. The van der Waals surface area contributed by atoms with E-state index in [9.17, 15) is 0 Å². The first kappa shape index (κ1) is 29.9. The summed E-state index contributed by atoms with van der Waals surface area (Å²) in [6.45, 7) is 0. The quantitative estimate of drug-likeness (QED) is 0.172. The van der Waals surface area contributed by atoms with Crippen LogP contribution in [0.5, 0.6) is 0 Å². The van der Waals surface area contributed by atoms with Gasteiger partial charge in [-0.2, -0.15) is 0 Å². The summed E-state index contributed by atoms with van der Waals surface area (Å²) in [5, 5.41) is 5.75. The third-order valence-electron chi connectivity index (χ3n) is 10.0. The molecule has 0 aliphatic rings. The molecule has 0 bridgehead atoms. The molecule has 7 aromatic carbocycles. The minimum absolute atomic E-state index is 0.913. The molecule has 3 aromatic heterocycles. The molecule has 3 nitrogen and oxygen atoms in total.